The van der Waals surface area contributed by atoms with Crippen molar-refractivity contribution in [3.05, 3.63) is 34.4 Å². The topological polar surface area (TPSA) is 87.8 Å². The molecule has 1 atom stereocenters. The molecule has 1 aliphatic rings. The molecule has 0 radical (unpaired) electrons. The summed E-state index contributed by atoms with van der Waals surface area (Å²) in [5.41, 5.74) is -0.848. The van der Waals surface area contributed by atoms with Gasteiger partial charge < -0.3 is 14.4 Å². The van der Waals surface area contributed by atoms with E-state index in [4.69, 9.17) is 0 Å². The average molecular weight is 279 g/mol. The number of rotatable bonds is 2. The smallest absolute Gasteiger partial charge is 0.335 e. The SMILES string of the molecule is CC1(C)CCCN(C(=O)c2ccc(=O)oc2)C1C(=O)O. The lowest BCUT2D eigenvalue weighted by Crippen LogP contribution is -2.56. The van der Waals surface area contributed by atoms with Gasteiger partial charge in [0.05, 0.1) is 5.56 Å². The Morgan fingerprint density at radius 2 is 2.10 bits per heavy atom. The number of hydrogen-bond acceptors (Lipinski definition) is 4. The Morgan fingerprint density at radius 1 is 1.40 bits per heavy atom. The first-order chi connectivity index (χ1) is 9.33. The van der Waals surface area contributed by atoms with Gasteiger partial charge in [0.2, 0.25) is 0 Å². The Hall–Kier alpha value is -2.11. The van der Waals surface area contributed by atoms with Gasteiger partial charge in [-0.2, -0.15) is 0 Å². The molecule has 2 heterocycles. The molecule has 0 saturated carbocycles. The molecular weight excluding hydrogens is 262 g/mol. The highest BCUT2D eigenvalue weighted by atomic mass is 16.4. The van der Waals surface area contributed by atoms with Crippen LogP contribution >= 0.6 is 0 Å². The van der Waals surface area contributed by atoms with Crippen molar-refractivity contribution in [2.45, 2.75) is 32.7 Å². The van der Waals surface area contributed by atoms with Gasteiger partial charge in [0.1, 0.15) is 12.3 Å². The first-order valence-corrected chi connectivity index (χ1v) is 6.45. The summed E-state index contributed by atoms with van der Waals surface area (Å²) < 4.78 is 4.67. The lowest BCUT2D eigenvalue weighted by atomic mass is 9.76. The monoisotopic (exact) mass is 279 g/mol. The van der Waals surface area contributed by atoms with Crippen molar-refractivity contribution in [1.82, 2.24) is 4.90 Å². The number of carbonyl (C=O) groups excluding carboxylic acids is 1. The average Bonchev–Trinajstić information content (AvgIpc) is 2.36. The number of aliphatic carboxylic acids is 1. The highest BCUT2D eigenvalue weighted by Gasteiger charge is 2.44. The van der Waals surface area contributed by atoms with Crippen LogP contribution in [0, 0.1) is 5.41 Å². The predicted molar refractivity (Wildman–Crippen MR) is 70.5 cm³/mol. The Balaban J connectivity index is 2.34. The highest BCUT2D eigenvalue weighted by molar-refractivity contribution is 5.96. The Morgan fingerprint density at radius 3 is 2.65 bits per heavy atom. The fourth-order valence-corrected chi connectivity index (χ4v) is 2.72. The van der Waals surface area contributed by atoms with Gasteiger partial charge in [-0.3, -0.25) is 4.79 Å². The summed E-state index contributed by atoms with van der Waals surface area (Å²) in [6.07, 6.45) is 2.57. The van der Waals surface area contributed by atoms with Crippen molar-refractivity contribution in [2.75, 3.05) is 6.54 Å². The largest absolute Gasteiger partial charge is 0.480 e. The number of piperidine rings is 1. The van der Waals surface area contributed by atoms with Crippen molar-refractivity contribution in [1.29, 1.82) is 0 Å². The van der Waals surface area contributed by atoms with Gasteiger partial charge in [-0.1, -0.05) is 13.8 Å². The third-order valence-corrected chi connectivity index (χ3v) is 3.71. The quantitative estimate of drug-likeness (QED) is 0.883. The molecule has 6 nitrogen and oxygen atoms in total. The van der Waals surface area contributed by atoms with E-state index in [9.17, 15) is 19.5 Å². The molecule has 1 fully saturated rings. The molecule has 1 unspecified atom stereocenters. The normalized spacial score (nSPS) is 21.5. The lowest BCUT2D eigenvalue weighted by molar-refractivity contribution is -0.148. The van der Waals surface area contributed by atoms with E-state index in [1.54, 1.807) is 0 Å². The van der Waals surface area contributed by atoms with Crippen LogP contribution in [0.15, 0.2) is 27.6 Å². The molecule has 1 aromatic rings. The maximum absolute atomic E-state index is 12.4. The molecule has 1 amide bonds. The van der Waals surface area contributed by atoms with Crippen LogP contribution in [0.4, 0.5) is 0 Å². The van der Waals surface area contributed by atoms with Crippen molar-refractivity contribution >= 4 is 11.9 Å². The zero-order valence-electron chi connectivity index (χ0n) is 11.5. The van der Waals surface area contributed by atoms with Crippen molar-refractivity contribution in [2.24, 2.45) is 5.41 Å². The third kappa shape index (κ3) is 2.59. The first kappa shape index (κ1) is 14.3. The second-order valence-electron chi connectivity index (χ2n) is 5.67. The molecule has 0 aliphatic carbocycles. The number of carboxylic acids is 1. The minimum absolute atomic E-state index is 0.188. The lowest BCUT2D eigenvalue weighted by Gasteiger charge is -2.43. The summed E-state index contributed by atoms with van der Waals surface area (Å²) in [6.45, 7) is 4.07. The highest BCUT2D eigenvalue weighted by Crippen LogP contribution is 2.35. The Kier molecular flexibility index (Phi) is 3.65. The number of nitrogens with zero attached hydrogens (tertiary/aromatic N) is 1. The minimum atomic E-state index is -1.01. The van der Waals surface area contributed by atoms with Gasteiger partial charge in [0, 0.05) is 12.6 Å². The Labute approximate surface area is 116 Å². The van der Waals surface area contributed by atoms with Crippen LogP contribution in [-0.2, 0) is 4.79 Å². The summed E-state index contributed by atoms with van der Waals surface area (Å²) in [4.78, 5) is 36.2. The van der Waals surface area contributed by atoms with E-state index in [1.165, 1.54) is 11.0 Å². The molecule has 0 bridgehead atoms. The zero-order chi connectivity index (χ0) is 14.9. The molecular formula is C14H17NO5. The molecule has 108 valence electrons. The minimum Gasteiger partial charge on any atom is -0.480 e. The van der Waals surface area contributed by atoms with Crippen LogP contribution in [0.25, 0.3) is 0 Å². The summed E-state index contributed by atoms with van der Waals surface area (Å²) >= 11 is 0. The molecule has 0 spiro atoms. The maximum Gasteiger partial charge on any atom is 0.335 e. The van der Waals surface area contributed by atoms with E-state index in [2.05, 4.69) is 4.42 Å². The van der Waals surface area contributed by atoms with Gasteiger partial charge in [-0.05, 0) is 24.3 Å². The van der Waals surface area contributed by atoms with Crippen molar-refractivity contribution in [3.63, 3.8) is 0 Å². The number of amides is 1. The Bertz CT molecular complexity index is 569. The van der Waals surface area contributed by atoms with Gasteiger partial charge in [0.25, 0.3) is 5.91 Å². The molecule has 6 heteroatoms. The second-order valence-corrected chi connectivity index (χ2v) is 5.67. The zero-order valence-corrected chi connectivity index (χ0v) is 11.5. The number of carbonyl (C=O) groups is 2. The van der Waals surface area contributed by atoms with Crippen LogP contribution in [-0.4, -0.2) is 34.5 Å². The van der Waals surface area contributed by atoms with Crippen LogP contribution in [0.3, 0.4) is 0 Å². The van der Waals surface area contributed by atoms with E-state index in [1.807, 2.05) is 13.8 Å². The summed E-state index contributed by atoms with van der Waals surface area (Å²) in [7, 11) is 0. The van der Waals surface area contributed by atoms with Gasteiger partial charge in [-0.25, -0.2) is 9.59 Å². The summed E-state index contributed by atoms with van der Waals surface area (Å²) in [5, 5.41) is 9.42. The molecule has 1 aliphatic heterocycles. The van der Waals surface area contributed by atoms with Gasteiger partial charge in [-0.15, -0.1) is 0 Å². The predicted octanol–water partition coefficient (Wildman–Crippen LogP) is 1.36. The van der Waals surface area contributed by atoms with Crippen LogP contribution < -0.4 is 5.63 Å². The van der Waals surface area contributed by atoms with E-state index < -0.39 is 29.0 Å². The fourth-order valence-electron chi connectivity index (χ4n) is 2.72. The molecule has 2 rings (SSSR count). The third-order valence-electron chi connectivity index (χ3n) is 3.71. The fraction of sp³-hybridized carbons (Fsp3) is 0.500. The molecule has 1 aromatic heterocycles. The van der Waals surface area contributed by atoms with Crippen molar-refractivity contribution < 1.29 is 19.1 Å². The van der Waals surface area contributed by atoms with E-state index in [0.29, 0.717) is 6.54 Å². The molecule has 1 N–H and O–H groups in total. The molecule has 0 aromatic carbocycles. The second kappa shape index (κ2) is 5.11. The number of hydrogen-bond donors (Lipinski definition) is 1. The van der Waals surface area contributed by atoms with Crippen molar-refractivity contribution in [3.8, 4) is 0 Å². The number of carboxylic acid groups (broad SMARTS) is 1. The van der Waals surface area contributed by atoms with Gasteiger partial charge >= 0.3 is 11.6 Å². The van der Waals surface area contributed by atoms with E-state index >= 15 is 0 Å². The van der Waals surface area contributed by atoms with Crippen LogP contribution in [0.1, 0.15) is 37.0 Å². The van der Waals surface area contributed by atoms with Crippen LogP contribution in [0.5, 0.6) is 0 Å². The van der Waals surface area contributed by atoms with E-state index in [0.717, 1.165) is 25.2 Å². The summed E-state index contributed by atoms with van der Waals surface area (Å²) in [6, 6.07) is 1.63. The number of likely N-dealkylation sites (tertiary alicyclic amines) is 1. The van der Waals surface area contributed by atoms with E-state index in [-0.39, 0.29) is 5.56 Å². The molecule has 1 saturated heterocycles. The first-order valence-electron chi connectivity index (χ1n) is 6.45. The standard InChI is InChI=1S/C14H17NO5/c1-14(2)6-3-7-15(11(14)13(18)19)12(17)9-4-5-10(16)20-8-9/h4-5,8,11H,3,6-7H2,1-2H3,(H,18,19). The van der Waals surface area contributed by atoms with Gasteiger partial charge in [0.15, 0.2) is 0 Å². The van der Waals surface area contributed by atoms with Crippen LogP contribution in [0.2, 0.25) is 0 Å². The maximum atomic E-state index is 12.4. The molecule has 20 heavy (non-hydrogen) atoms. The summed E-state index contributed by atoms with van der Waals surface area (Å²) in [5.74, 6) is -1.44.